The minimum Gasteiger partial charge on any atom is -0.497 e. The lowest BCUT2D eigenvalue weighted by Crippen LogP contribution is -2.13. The fourth-order valence-electron chi connectivity index (χ4n) is 2.35. The Hall–Kier alpha value is -2.73. The Morgan fingerprint density at radius 3 is 2.67 bits per heavy atom. The third kappa shape index (κ3) is 5.37. The molecule has 0 aliphatic heterocycles. The van der Waals surface area contributed by atoms with Gasteiger partial charge in [-0.05, 0) is 65.4 Å². The van der Waals surface area contributed by atoms with Crippen molar-refractivity contribution in [3.63, 3.8) is 0 Å². The summed E-state index contributed by atoms with van der Waals surface area (Å²) in [5, 5.41) is 12.1. The van der Waals surface area contributed by atoms with Gasteiger partial charge in [-0.15, -0.1) is 0 Å². The number of nitriles is 1. The zero-order valence-electron chi connectivity index (χ0n) is 15.2. The number of benzene rings is 2. The van der Waals surface area contributed by atoms with Crippen LogP contribution in [-0.4, -0.2) is 26.7 Å². The average Bonchev–Trinajstić information content (AvgIpc) is 2.66. The highest BCUT2D eigenvalue weighted by Gasteiger charge is 2.14. The summed E-state index contributed by atoms with van der Waals surface area (Å²) in [6, 6.07) is 12.4. The average molecular weight is 478 g/mol. The number of halogens is 1. The third-order valence-electron chi connectivity index (χ3n) is 3.54. The van der Waals surface area contributed by atoms with E-state index in [0.717, 1.165) is 3.57 Å². The second-order valence-corrected chi connectivity index (χ2v) is 6.49. The second-order valence-electron chi connectivity index (χ2n) is 5.32. The van der Waals surface area contributed by atoms with Crippen LogP contribution in [0.4, 0.5) is 5.69 Å². The molecule has 0 heterocycles. The van der Waals surface area contributed by atoms with Gasteiger partial charge >= 0.3 is 0 Å². The molecule has 2 aromatic carbocycles. The van der Waals surface area contributed by atoms with E-state index in [-0.39, 0.29) is 5.57 Å². The van der Waals surface area contributed by atoms with Gasteiger partial charge in [0.2, 0.25) is 0 Å². The molecule has 0 bridgehead atoms. The lowest BCUT2D eigenvalue weighted by Gasteiger charge is -2.12. The standard InChI is InChI=1S/C20H19IN2O4/c1-4-27-18-10-13(9-17(21)19(18)26-3)8-14(12-22)20(24)23-15-6-5-7-16(11-15)25-2/h5-11H,4H2,1-3H3,(H,23,24)/b14-8+. The number of anilines is 1. The van der Waals surface area contributed by atoms with E-state index < -0.39 is 5.91 Å². The van der Waals surface area contributed by atoms with Crippen LogP contribution in [0.5, 0.6) is 17.2 Å². The molecule has 0 unspecified atom stereocenters. The molecule has 6 nitrogen and oxygen atoms in total. The van der Waals surface area contributed by atoms with Gasteiger partial charge in [-0.3, -0.25) is 4.79 Å². The molecule has 0 aliphatic rings. The highest BCUT2D eigenvalue weighted by molar-refractivity contribution is 14.1. The molecule has 140 valence electrons. The van der Waals surface area contributed by atoms with Crippen LogP contribution < -0.4 is 19.5 Å². The van der Waals surface area contributed by atoms with E-state index in [1.54, 1.807) is 44.6 Å². The van der Waals surface area contributed by atoms with Gasteiger partial charge in [-0.2, -0.15) is 5.26 Å². The number of carbonyl (C=O) groups is 1. The smallest absolute Gasteiger partial charge is 0.266 e. The molecular weight excluding hydrogens is 459 g/mol. The van der Waals surface area contributed by atoms with Crippen molar-refractivity contribution in [2.24, 2.45) is 0 Å². The quantitative estimate of drug-likeness (QED) is 0.366. The Balaban J connectivity index is 2.31. The largest absolute Gasteiger partial charge is 0.497 e. The van der Waals surface area contributed by atoms with E-state index in [1.165, 1.54) is 6.08 Å². The Labute approximate surface area is 171 Å². The molecule has 0 saturated heterocycles. The van der Waals surface area contributed by atoms with Gasteiger partial charge in [0.1, 0.15) is 17.4 Å². The summed E-state index contributed by atoms with van der Waals surface area (Å²) < 4.78 is 16.9. The zero-order chi connectivity index (χ0) is 19.8. The Morgan fingerprint density at radius 1 is 1.26 bits per heavy atom. The minimum absolute atomic E-state index is 0.0266. The number of nitrogens with one attached hydrogen (secondary N) is 1. The van der Waals surface area contributed by atoms with Crippen LogP contribution >= 0.6 is 22.6 Å². The van der Waals surface area contributed by atoms with Crippen LogP contribution in [-0.2, 0) is 4.79 Å². The maximum Gasteiger partial charge on any atom is 0.266 e. The number of methoxy groups -OCH3 is 2. The topological polar surface area (TPSA) is 80.6 Å². The minimum atomic E-state index is -0.505. The molecular formula is C20H19IN2O4. The van der Waals surface area contributed by atoms with Crippen molar-refractivity contribution >= 4 is 40.3 Å². The molecule has 27 heavy (non-hydrogen) atoms. The number of hydrogen-bond acceptors (Lipinski definition) is 5. The summed E-state index contributed by atoms with van der Waals surface area (Å²) in [6.07, 6.45) is 1.51. The van der Waals surface area contributed by atoms with Gasteiger partial charge in [-0.25, -0.2) is 0 Å². The zero-order valence-corrected chi connectivity index (χ0v) is 17.4. The van der Waals surface area contributed by atoms with Gasteiger partial charge in [0, 0.05) is 11.8 Å². The van der Waals surface area contributed by atoms with Crippen LogP contribution in [0.25, 0.3) is 6.08 Å². The number of amides is 1. The summed E-state index contributed by atoms with van der Waals surface area (Å²) in [7, 11) is 3.11. The first-order chi connectivity index (χ1) is 13.0. The van der Waals surface area contributed by atoms with Crippen molar-refractivity contribution < 1.29 is 19.0 Å². The van der Waals surface area contributed by atoms with Crippen molar-refractivity contribution in [1.82, 2.24) is 0 Å². The summed E-state index contributed by atoms with van der Waals surface area (Å²) in [5.41, 5.74) is 1.18. The van der Waals surface area contributed by atoms with Gasteiger partial charge in [0.25, 0.3) is 5.91 Å². The molecule has 0 atom stereocenters. The molecule has 0 aromatic heterocycles. The van der Waals surface area contributed by atoms with E-state index in [2.05, 4.69) is 27.9 Å². The third-order valence-corrected chi connectivity index (χ3v) is 4.34. The molecule has 1 N–H and O–H groups in total. The number of ether oxygens (including phenoxy) is 3. The Bertz CT molecular complexity index is 903. The maximum atomic E-state index is 12.5. The van der Waals surface area contributed by atoms with Crippen molar-refractivity contribution in [1.29, 1.82) is 5.26 Å². The van der Waals surface area contributed by atoms with Crippen LogP contribution in [0.1, 0.15) is 12.5 Å². The van der Waals surface area contributed by atoms with Crippen LogP contribution in [0, 0.1) is 14.9 Å². The van der Waals surface area contributed by atoms with Gasteiger partial charge < -0.3 is 19.5 Å². The van der Waals surface area contributed by atoms with Gasteiger partial charge in [-0.1, -0.05) is 6.07 Å². The molecule has 7 heteroatoms. The molecule has 2 aromatic rings. The summed E-state index contributed by atoms with van der Waals surface area (Å²) in [4.78, 5) is 12.5. The summed E-state index contributed by atoms with van der Waals surface area (Å²) >= 11 is 2.12. The molecule has 2 rings (SSSR count). The Morgan fingerprint density at radius 2 is 2.04 bits per heavy atom. The predicted molar refractivity (Wildman–Crippen MR) is 112 cm³/mol. The van der Waals surface area contributed by atoms with E-state index in [0.29, 0.717) is 35.1 Å². The van der Waals surface area contributed by atoms with Crippen LogP contribution in [0.2, 0.25) is 0 Å². The number of hydrogen-bond donors (Lipinski definition) is 1. The number of rotatable bonds is 7. The lowest BCUT2D eigenvalue weighted by molar-refractivity contribution is -0.112. The van der Waals surface area contributed by atoms with Crippen molar-refractivity contribution in [2.45, 2.75) is 6.92 Å². The highest BCUT2D eigenvalue weighted by Crippen LogP contribution is 2.34. The number of carbonyl (C=O) groups excluding carboxylic acids is 1. The molecule has 0 spiro atoms. The fraction of sp³-hybridized carbons (Fsp3) is 0.200. The molecule has 0 fully saturated rings. The van der Waals surface area contributed by atoms with Crippen molar-refractivity contribution in [2.75, 3.05) is 26.1 Å². The first-order valence-electron chi connectivity index (χ1n) is 8.09. The van der Waals surface area contributed by atoms with Crippen LogP contribution in [0.15, 0.2) is 42.0 Å². The SMILES string of the molecule is CCOc1cc(/C=C(\C#N)C(=O)Nc2cccc(OC)c2)cc(I)c1OC. The van der Waals surface area contributed by atoms with Crippen LogP contribution in [0.3, 0.4) is 0 Å². The van der Waals surface area contributed by atoms with Gasteiger partial charge in [0.05, 0.1) is 24.4 Å². The van der Waals surface area contributed by atoms with E-state index >= 15 is 0 Å². The second kappa shape index (κ2) is 9.83. The maximum absolute atomic E-state index is 12.5. The highest BCUT2D eigenvalue weighted by atomic mass is 127. The first kappa shape index (κ1) is 20.6. The number of nitrogens with zero attached hydrogens (tertiary/aromatic N) is 1. The molecule has 0 aliphatic carbocycles. The normalized spacial score (nSPS) is 10.7. The summed E-state index contributed by atoms with van der Waals surface area (Å²) in [6.45, 7) is 2.35. The van der Waals surface area contributed by atoms with E-state index in [9.17, 15) is 10.1 Å². The fourth-order valence-corrected chi connectivity index (χ4v) is 3.19. The monoisotopic (exact) mass is 478 g/mol. The van der Waals surface area contributed by atoms with Gasteiger partial charge in [0.15, 0.2) is 11.5 Å². The molecule has 1 amide bonds. The first-order valence-corrected chi connectivity index (χ1v) is 9.17. The lowest BCUT2D eigenvalue weighted by atomic mass is 10.1. The predicted octanol–water partition coefficient (Wildman–Crippen LogP) is 4.25. The van der Waals surface area contributed by atoms with E-state index in [4.69, 9.17) is 14.2 Å². The molecule has 0 radical (unpaired) electrons. The van der Waals surface area contributed by atoms with E-state index in [1.807, 2.05) is 19.1 Å². The molecule has 0 saturated carbocycles. The van der Waals surface area contributed by atoms with Crippen molar-refractivity contribution in [3.05, 3.63) is 51.1 Å². The van der Waals surface area contributed by atoms with Crippen molar-refractivity contribution in [3.8, 4) is 23.3 Å². The Kier molecular flexibility index (Phi) is 7.49. The summed E-state index contributed by atoms with van der Waals surface area (Å²) in [5.74, 6) is 1.29.